The van der Waals surface area contributed by atoms with E-state index in [1.54, 1.807) is 13.8 Å². The van der Waals surface area contributed by atoms with Crippen LogP contribution in [0, 0.1) is 5.92 Å². The van der Waals surface area contributed by atoms with Crippen molar-refractivity contribution in [2.24, 2.45) is 33.8 Å². The number of aliphatic hydroxyl groups is 2. The number of aliphatic imine (C=N–C) groups is 1. The van der Waals surface area contributed by atoms with E-state index in [-0.39, 0.29) is 56.3 Å². The van der Waals surface area contributed by atoms with Crippen LogP contribution in [0.5, 0.6) is 5.75 Å². The van der Waals surface area contributed by atoms with Crippen LogP contribution < -0.4 is 49.5 Å². The van der Waals surface area contributed by atoms with Gasteiger partial charge in [0.05, 0.1) is 24.2 Å². The lowest BCUT2D eigenvalue weighted by atomic mass is 10.0. The molecule has 1 aliphatic rings. The molecule has 1 aromatic carbocycles. The number of hydrogen-bond donors (Lipinski definition) is 13. The van der Waals surface area contributed by atoms with Crippen LogP contribution in [0.3, 0.4) is 0 Å². The standard InChI is InChI=1S/C38H63N11O11/c1-19(2)17-26(33(56)44-20(3)31(40)54)47-35(58)28(12-13-29(52)53)49-16-14-25(37(49)60)45-36(59)30(21(4)50)48-34(57)27(18-22-8-10-23(51)11-9-22)46-32(55)24(39)7-5-6-15-43-38(41)42/h8-11,19-21,24-28,30,37,50-51,60H,5-7,12-18,39H2,1-4H3,(H2,40,54)(H,44,56)(H,45,59)(H,46,55)(H,47,58)(H,48,57)(H,52,53)(H4,41,42,43)/t20-,21-,24-,25-,26-,27-,28-,30-,37?/m1/s1. The third-order valence-electron chi connectivity index (χ3n) is 9.81. The molecule has 0 spiro atoms. The highest BCUT2D eigenvalue weighted by Crippen LogP contribution is 2.23. The fraction of sp³-hybridized carbons (Fsp3) is 0.632. The van der Waals surface area contributed by atoms with E-state index in [1.807, 2.05) is 0 Å². The number of carboxylic acid groups (broad SMARTS) is 1. The molecule has 6 amide bonds. The van der Waals surface area contributed by atoms with E-state index in [1.165, 1.54) is 43.0 Å². The summed E-state index contributed by atoms with van der Waals surface area (Å²) in [5.41, 5.74) is 22.6. The van der Waals surface area contributed by atoms with E-state index < -0.39 is 102 Å². The third-order valence-corrected chi connectivity index (χ3v) is 9.81. The Morgan fingerprint density at radius 1 is 0.833 bits per heavy atom. The summed E-state index contributed by atoms with van der Waals surface area (Å²) in [4.78, 5) is 95.6. The highest BCUT2D eigenvalue weighted by atomic mass is 16.4. The summed E-state index contributed by atoms with van der Waals surface area (Å²) in [6.45, 7) is 6.55. The molecule has 1 unspecified atom stereocenters. The summed E-state index contributed by atoms with van der Waals surface area (Å²) in [5, 5.41) is 54.0. The van der Waals surface area contributed by atoms with Crippen molar-refractivity contribution >= 4 is 47.4 Å². The lowest BCUT2D eigenvalue weighted by Gasteiger charge is -2.33. The van der Waals surface area contributed by atoms with Gasteiger partial charge in [0.25, 0.3) is 0 Å². The second-order valence-electron chi connectivity index (χ2n) is 15.4. The van der Waals surface area contributed by atoms with E-state index in [0.717, 1.165) is 0 Å². The number of aromatic hydroxyl groups is 1. The minimum absolute atomic E-state index is 0.00937. The van der Waals surface area contributed by atoms with E-state index in [9.17, 15) is 54.0 Å². The van der Waals surface area contributed by atoms with Gasteiger partial charge < -0.3 is 69.9 Å². The average Bonchev–Trinajstić information content (AvgIpc) is 3.51. The van der Waals surface area contributed by atoms with E-state index in [2.05, 4.69) is 31.6 Å². The zero-order chi connectivity index (χ0) is 45.3. The number of nitrogens with one attached hydrogen (secondary N) is 5. The number of carboxylic acids is 1. The predicted octanol–water partition coefficient (Wildman–Crippen LogP) is -3.68. The molecule has 22 heteroatoms. The Labute approximate surface area is 348 Å². The molecule has 1 saturated heterocycles. The number of hydrogen-bond acceptors (Lipinski definition) is 13. The van der Waals surface area contributed by atoms with Gasteiger partial charge in [-0.05, 0) is 76.0 Å². The number of aliphatic hydroxyl groups excluding tert-OH is 2. The molecule has 0 saturated carbocycles. The number of carbonyl (C=O) groups excluding carboxylic acids is 6. The van der Waals surface area contributed by atoms with Crippen LogP contribution in [-0.4, -0.2) is 140 Å². The minimum atomic E-state index is -1.61. The molecule has 0 aliphatic carbocycles. The second kappa shape index (κ2) is 24.5. The highest BCUT2D eigenvalue weighted by Gasteiger charge is 2.42. The van der Waals surface area contributed by atoms with Crippen molar-refractivity contribution < 1.29 is 54.0 Å². The van der Waals surface area contributed by atoms with Crippen LogP contribution in [0.25, 0.3) is 0 Å². The van der Waals surface area contributed by atoms with Crippen molar-refractivity contribution in [3.63, 3.8) is 0 Å². The first-order valence-corrected chi connectivity index (χ1v) is 19.8. The number of nitrogens with two attached hydrogens (primary N) is 4. The summed E-state index contributed by atoms with van der Waals surface area (Å²) in [5.74, 6) is -6.14. The smallest absolute Gasteiger partial charge is 0.303 e. The monoisotopic (exact) mass is 849 g/mol. The Kier molecular flexibility index (Phi) is 20.6. The number of primary amides is 1. The van der Waals surface area contributed by atoms with Gasteiger partial charge in [0.15, 0.2) is 5.96 Å². The fourth-order valence-electron chi connectivity index (χ4n) is 6.45. The first-order valence-electron chi connectivity index (χ1n) is 19.8. The van der Waals surface area contributed by atoms with Crippen LogP contribution in [0.1, 0.15) is 78.2 Å². The lowest BCUT2D eigenvalue weighted by molar-refractivity contribution is -0.140. The maximum absolute atomic E-state index is 13.7. The van der Waals surface area contributed by atoms with Gasteiger partial charge in [-0.15, -0.1) is 0 Å². The molecular weight excluding hydrogens is 786 g/mol. The van der Waals surface area contributed by atoms with Crippen molar-refractivity contribution in [3.05, 3.63) is 29.8 Å². The Bertz CT molecular complexity index is 1660. The van der Waals surface area contributed by atoms with Crippen molar-refractivity contribution in [1.29, 1.82) is 0 Å². The van der Waals surface area contributed by atoms with E-state index in [4.69, 9.17) is 22.9 Å². The van der Waals surface area contributed by atoms with Gasteiger partial charge in [0.2, 0.25) is 35.4 Å². The van der Waals surface area contributed by atoms with Gasteiger partial charge in [0, 0.05) is 25.9 Å². The molecule has 1 aliphatic heterocycles. The Morgan fingerprint density at radius 2 is 1.45 bits per heavy atom. The zero-order valence-corrected chi connectivity index (χ0v) is 34.5. The topological polar surface area (TPSA) is 380 Å². The number of nitrogens with zero attached hydrogens (tertiary/aromatic N) is 2. The van der Waals surface area contributed by atoms with Gasteiger partial charge >= 0.3 is 5.97 Å². The zero-order valence-electron chi connectivity index (χ0n) is 34.5. The SMILES string of the molecule is CC(C)C[C@@H](NC(=O)[C@@H](CCC(=O)O)N1CC[C@@H](NC(=O)[C@H](NC(=O)[C@@H](Cc2ccc(O)cc2)NC(=O)[C@H](N)CCCCN=C(N)N)[C@@H](C)O)C1O)C(=O)N[C@H](C)C(N)=O. The summed E-state index contributed by atoms with van der Waals surface area (Å²) < 4.78 is 0. The largest absolute Gasteiger partial charge is 0.508 e. The number of phenols is 1. The number of guanidine groups is 1. The number of rotatable bonds is 25. The van der Waals surface area contributed by atoms with Gasteiger partial charge in [-0.1, -0.05) is 26.0 Å². The average molecular weight is 850 g/mol. The summed E-state index contributed by atoms with van der Waals surface area (Å²) in [6.07, 6.45) is -2.43. The van der Waals surface area contributed by atoms with Gasteiger partial charge in [0.1, 0.15) is 36.1 Å². The first kappa shape index (κ1) is 50.6. The molecule has 0 aromatic heterocycles. The number of amides is 6. The first-order chi connectivity index (χ1) is 28.1. The molecular formula is C38H63N11O11. The molecule has 22 nitrogen and oxygen atoms in total. The normalized spacial score (nSPS) is 18.7. The number of phenolic OH excluding ortho intramolecular Hbond substituents is 1. The maximum atomic E-state index is 13.7. The molecule has 2 rings (SSSR count). The number of likely N-dealkylation sites (tertiary alicyclic amines) is 1. The summed E-state index contributed by atoms with van der Waals surface area (Å²) in [7, 11) is 0. The molecule has 1 aromatic rings. The molecule has 336 valence electrons. The summed E-state index contributed by atoms with van der Waals surface area (Å²) in [6, 6.07) is -2.62. The number of carbonyl (C=O) groups is 7. The number of unbranched alkanes of at least 4 members (excludes halogenated alkanes) is 1. The molecule has 1 heterocycles. The minimum Gasteiger partial charge on any atom is -0.508 e. The van der Waals surface area contributed by atoms with Gasteiger partial charge in [-0.3, -0.25) is 43.5 Å². The fourth-order valence-corrected chi connectivity index (χ4v) is 6.45. The molecule has 1 fully saturated rings. The number of benzene rings is 1. The van der Waals surface area contributed by atoms with Crippen LogP contribution >= 0.6 is 0 Å². The summed E-state index contributed by atoms with van der Waals surface area (Å²) >= 11 is 0. The van der Waals surface area contributed by atoms with Crippen molar-refractivity contribution in [1.82, 2.24) is 31.5 Å². The van der Waals surface area contributed by atoms with Crippen LogP contribution in [0.4, 0.5) is 0 Å². The molecule has 0 bridgehead atoms. The van der Waals surface area contributed by atoms with Crippen LogP contribution in [0.15, 0.2) is 29.3 Å². The van der Waals surface area contributed by atoms with Crippen molar-refractivity contribution in [3.8, 4) is 5.75 Å². The Morgan fingerprint density at radius 3 is 2.02 bits per heavy atom. The van der Waals surface area contributed by atoms with Gasteiger partial charge in [-0.25, -0.2) is 0 Å². The third kappa shape index (κ3) is 17.0. The Balaban J connectivity index is 2.24. The van der Waals surface area contributed by atoms with Crippen molar-refractivity contribution in [2.45, 2.75) is 134 Å². The van der Waals surface area contributed by atoms with Gasteiger partial charge in [-0.2, -0.15) is 0 Å². The second-order valence-corrected chi connectivity index (χ2v) is 15.4. The highest BCUT2D eigenvalue weighted by molar-refractivity contribution is 5.94. The number of aliphatic carboxylic acids is 1. The Hall–Kier alpha value is -5.58. The maximum Gasteiger partial charge on any atom is 0.303 e. The molecule has 60 heavy (non-hydrogen) atoms. The molecule has 9 atom stereocenters. The van der Waals surface area contributed by atoms with Crippen LogP contribution in [-0.2, 0) is 40.0 Å². The molecule has 0 radical (unpaired) electrons. The van der Waals surface area contributed by atoms with E-state index in [0.29, 0.717) is 24.9 Å². The quantitative estimate of drug-likeness (QED) is 0.0256. The molecule has 17 N–H and O–H groups in total. The van der Waals surface area contributed by atoms with E-state index >= 15 is 0 Å². The predicted molar refractivity (Wildman–Crippen MR) is 218 cm³/mol. The van der Waals surface area contributed by atoms with Crippen molar-refractivity contribution in [2.75, 3.05) is 13.1 Å². The van der Waals surface area contributed by atoms with Crippen LogP contribution in [0.2, 0.25) is 0 Å². The lowest BCUT2D eigenvalue weighted by Crippen LogP contribution is -2.61.